The van der Waals surface area contributed by atoms with Gasteiger partial charge in [-0.1, -0.05) is 13.3 Å². The Morgan fingerprint density at radius 2 is 1.74 bits per heavy atom. The molecule has 0 aromatic heterocycles. The molecule has 126 valence electrons. The highest BCUT2D eigenvalue weighted by atomic mass is 19.1. The second-order valence-corrected chi connectivity index (χ2v) is 5.38. The molecule has 1 N–H and O–H groups in total. The largest absolute Gasteiger partial charge is 0.449 e. The lowest BCUT2D eigenvalue weighted by Gasteiger charge is -2.34. The molecule has 0 aliphatic carbocycles. The number of anilines is 1. The third-order valence-corrected chi connectivity index (χ3v) is 3.64. The van der Waals surface area contributed by atoms with E-state index in [0.29, 0.717) is 38.5 Å². The lowest BCUT2D eigenvalue weighted by Crippen LogP contribution is -2.51. The van der Waals surface area contributed by atoms with Crippen LogP contribution < -0.4 is 5.32 Å². The molecule has 1 fully saturated rings. The summed E-state index contributed by atoms with van der Waals surface area (Å²) in [6.45, 7) is 4.24. The third kappa shape index (κ3) is 5.12. The van der Waals surface area contributed by atoms with Gasteiger partial charge in [0.1, 0.15) is 5.82 Å². The number of halogens is 1. The van der Waals surface area contributed by atoms with E-state index < -0.39 is 0 Å². The van der Waals surface area contributed by atoms with E-state index in [1.807, 2.05) is 6.92 Å². The van der Waals surface area contributed by atoms with Gasteiger partial charge in [0.15, 0.2) is 0 Å². The normalized spacial score (nSPS) is 14.5. The predicted octanol–water partition coefficient (Wildman–Crippen LogP) is 2.91. The van der Waals surface area contributed by atoms with Crippen molar-refractivity contribution in [3.05, 3.63) is 30.1 Å². The van der Waals surface area contributed by atoms with Crippen molar-refractivity contribution >= 4 is 17.8 Å². The quantitative estimate of drug-likeness (QED) is 0.867. The van der Waals surface area contributed by atoms with Crippen LogP contribution in [0.1, 0.15) is 19.8 Å². The summed E-state index contributed by atoms with van der Waals surface area (Å²) < 4.78 is 18.0. The van der Waals surface area contributed by atoms with E-state index in [2.05, 4.69) is 5.32 Å². The number of piperazine rings is 1. The molecule has 6 nitrogen and oxygen atoms in total. The molecule has 0 saturated carbocycles. The van der Waals surface area contributed by atoms with Crippen molar-refractivity contribution in [1.82, 2.24) is 9.80 Å². The van der Waals surface area contributed by atoms with E-state index >= 15 is 0 Å². The summed E-state index contributed by atoms with van der Waals surface area (Å²) in [7, 11) is 0. The molecule has 3 amide bonds. The van der Waals surface area contributed by atoms with Crippen molar-refractivity contribution in [3.8, 4) is 0 Å². The molecule has 0 spiro atoms. The molecule has 0 unspecified atom stereocenters. The first-order valence-corrected chi connectivity index (χ1v) is 7.83. The van der Waals surface area contributed by atoms with E-state index in [9.17, 15) is 14.0 Å². The van der Waals surface area contributed by atoms with Crippen LogP contribution in [0.2, 0.25) is 0 Å². The summed E-state index contributed by atoms with van der Waals surface area (Å²) in [6.07, 6.45) is 1.51. The van der Waals surface area contributed by atoms with Crippen molar-refractivity contribution in [3.63, 3.8) is 0 Å². The van der Waals surface area contributed by atoms with Crippen molar-refractivity contribution < 1.29 is 18.7 Å². The van der Waals surface area contributed by atoms with Crippen molar-refractivity contribution in [2.45, 2.75) is 19.8 Å². The van der Waals surface area contributed by atoms with Gasteiger partial charge in [-0.2, -0.15) is 0 Å². The molecule has 1 saturated heterocycles. The van der Waals surface area contributed by atoms with Gasteiger partial charge >= 0.3 is 12.1 Å². The topological polar surface area (TPSA) is 61.9 Å². The summed E-state index contributed by atoms with van der Waals surface area (Å²) in [5.41, 5.74) is 0.540. The average molecular weight is 323 g/mol. The molecule has 1 aromatic carbocycles. The lowest BCUT2D eigenvalue weighted by atomic mass is 10.3. The molecule has 0 bridgehead atoms. The summed E-state index contributed by atoms with van der Waals surface area (Å²) in [4.78, 5) is 27.2. The molecule has 23 heavy (non-hydrogen) atoms. The van der Waals surface area contributed by atoms with Gasteiger partial charge in [-0.05, 0) is 30.7 Å². The van der Waals surface area contributed by atoms with E-state index in [1.54, 1.807) is 9.80 Å². The molecule has 2 rings (SSSR count). The fourth-order valence-corrected chi connectivity index (χ4v) is 2.22. The van der Waals surface area contributed by atoms with Crippen molar-refractivity contribution in [1.29, 1.82) is 0 Å². The number of unbranched alkanes of at least 4 members (excludes halogenated alkanes) is 1. The highest BCUT2D eigenvalue weighted by molar-refractivity contribution is 5.89. The summed E-state index contributed by atoms with van der Waals surface area (Å²) in [6, 6.07) is 5.35. The van der Waals surface area contributed by atoms with Gasteiger partial charge in [0.05, 0.1) is 6.61 Å². The third-order valence-electron chi connectivity index (χ3n) is 3.64. The van der Waals surface area contributed by atoms with Crippen LogP contribution in [-0.2, 0) is 4.74 Å². The van der Waals surface area contributed by atoms with Crippen LogP contribution in [0.25, 0.3) is 0 Å². The predicted molar refractivity (Wildman–Crippen MR) is 84.8 cm³/mol. The smallest absolute Gasteiger partial charge is 0.409 e. The molecule has 1 aliphatic rings. The molecular weight excluding hydrogens is 301 g/mol. The molecule has 0 radical (unpaired) electrons. The molecule has 1 heterocycles. The minimum Gasteiger partial charge on any atom is -0.449 e. The van der Waals surface area contributed by atoms with Crippen LogP contribution in [0.3, 0.4) is 0 Å². The minimum atomic E-state index is -0.349. The maximum absolute atomic E-state index is 12.8. The second-order valence-electron chi connectivity index (χ2n) is 5.38. The van der Waals surface area contributed by atoms with Gasteiger partial charge in [0.2, 0.25) is 0 Å². The number of hydrogen-bond acceptors (Lipinski definition) is 3. The SMILES string of the molecule is CCCCOC(=O)N1CCN(C(=O)Nc2ccc(F)cc2)CC1. The Kier molecular flexibility index (Phi) is 6.19. The van der Waals surface area contributed by atoms with Gasteiger partial charge in [0, 0.05) is 31.9 Å². The summed E-state index contributed by atoms with van der Waals surface area (Å²) in [5, 5.41) is 2.71. The zero-order valence-corrected chi connectivity index (χ0v) is 13.3. The second kappa shape index (κ2) is 8.36. The first-order chi connectivity index (χ1) is 11.1. The molecule has 0 atom stereocenters. The highest BCUT2D eigenvalue weighted by Gasteiger charge is 2.24. The number of carbonyl (C=O) groups is 2. The Balaban J connectivity index is 1.76. The number of ether oxygens (including phenoxy) is 1. The minimum absolute atomic E-state index is 0.254. The number of carbonyl (C=O) groups excluding carboxylic acids is 2. The Morgan fingerprint density at radius 3 is 2.35 bits per heavy atom. The van der Waals surface area contributed by atoms with Crippen LogP contribution in [0, 0.1) is 5.82 Å². The Bertz CT molecular complexity index is 528. The fraction of sp³-hybridized carbons (Fsp3) is 0.500. The van der Waals surface area contributed by atoms with E-state index in [0.717, 1.165) is 12.8 Å². The molecule has 1 aliphatic heterocycles. The Labute approximate surface area is 135 Å². The fourth-order valence-electron chi connectivity index (χ4n) is 2.22. The number of benzene rings is 1. The Morgan fingerprint density at radius 1 is 1.13 bits per heavy atom. The van der Waals surface area contributed by atoms with Crippen LogP contribution in [-0.4, -0.2) is 54.7 Å². The number of hydrogen-bond donors (Lipinski definition) is 1. The molecule has 7 heteroatoms. The van der Waals surface area contributed by atoms with Crippen molar-refractivity contribution in [2.75, 3.05) is 38.1 Å². The Hall–Kier alpha value is -2.31. The number of nitrogens with zero attached hydrogens (tertiary/aromatic N) is 2. The van der Waals surface area contributed by atoms with Crippen LogP contribution in [0.15, 0.2) is 24.3 Å². The van der Waals surface area contributed by atoms with Gasteiger partial charge in [-0.15, -0.1) is 0 Å². The zero-order chi connectivity index (χ0) is 16.7. The van der Waals surface area contributed by atoms with E-state index in [-0.39, 0.29) is 17.9 Å². The van der Waals surface area contributed by atoms with Crippen LogP contribution >= 0.6 is 0 Å². The zero-order valence-electron chi connectivity index (χ0n) is 13.3. The van der Waals surface area contributed by atoms with Gasteiger partial charge in [0.25, 0.3) is 0 Å². The maximum atomic E-state index is 12.8. The highest BCUT2D eigenvalue weighted by Crippen LogP contribution is 2.11. The number of urea groups is 1. The first-order valence-electron chi connectivity index (χ1n) is 7.83. The van der Waals surface area contributed by atoms with Gasteiger partial charge < -0.3 is 19.9 Å². The number of rotatable bonds is 4. The van der Waals surface area contributed by atoms with Gasteiger partial charge in [-0.3, -0.25) is 0 Å². The van der Waals surface area contributed by atoms with Crippen LogP contribution in [0.5, 0.6) is 0 Å². The first kappa shape index (κ1) is 17.1. The molecular formula is C16H22FN3O3. The van der Waals surface area contributed by atoms with Crippen molar-refractivity contribution in [2.24, 2.45) is 0 Å². The maximum Gasteiger partial charge on any atom is 0.409 e. The average Bonchev–Trinajstić information content (AvgIpc) is 2.57. The molecule has 1 aromatic rings. The summed E-state index contributed by atoms with van der Waals surface area (Å²) >= 11 is 0. The van der Waals surface area contributed by atoms with Crippen LogP contribution in [0.4, 0.5) is 19.7 Å². The van der Waals surface area contributed by atoms with E-state index in [1.165, 1.54) is 24.3 Å². The standard InChI is InChI=1S/C16H22FN3O3/c1-2-3-12-23-16(22)20-10-8-19(9-11-20)15(21)18-14-6-4-13(17)5-7-14/h4-7H,2-3,8-12H2,1H3,(H,18,21). The monoisotopic (exact) mass is 323 g/mol. The lowest BCUT2D eigenvalue weighted by molar-refractivity contribution is 0.0823. The number of nitrogens with one attached hydrogen (secondary N) is 1. The number of amides is 3. The van der Waals surface area contributed by atoms with Gasteiger partial charge in [-0.25, -0.2) is 14.0 Å². The summed E-state index contributed by atoms with van der Waals surface area (Å²) in [5.74, 6) is -0.349. The van der Waals surface area contributed by atoms with E-state index in [4.69, 9.17) is 4.74 Å².